The van der Waals surface area contributed by atoms with Crippen molar-refractivity contribution in [2.75, 3.05) is 13.2 Å². The molecular formula is C15H27NO5. The SMILES string of the molecule is CC(=O)CCC(COC(C)=O)(COC(C)=O)NC(C)(C)C. The molecule has 0 heterocycles. The van der Waals surface area contributed by atoms with Gasteiger partial charge in [0.25, 0.3) is 0 Å². The lowest BCUT2D eigenvalue weighted by Gasteiger charge is -2.39. The predicted molar refractivity (Wildman–Crippen MR) is 78.8 cm³/mol. The lowest BCUT2D eigenvalue weighted by molar-refractivity contribution is -0.149. The van der Waals surface area contributed by atoms with Crippen LogP contribution in [-0.4, -0.2) is 42.0 Å². The van der Waals surface area contributed by atoms with E-state index in [1.807, 2.05) is 20.8 Å². The standard InChI is InChI=1S/C15H27NO5/c1-11(17)7-8-15(9-20-12(2)18,10-21-13(3)19)16-14(4,5)6/h16H,7-10H2,1-6H3. The van der Waals surface area contributed by atoms with Crippen LogP contribution < -0.4 is 5.32 Å². The largest absolute Gasteiger partial charge is 0.464 e. The van der Waals surface area contributed by atoms with Gasteiger partial charge >= 0.3 is 11.9 Å². The van der Waals surface area contributed by atoms with E-state index in [-0.39, 0.29) is 24.5 Å². The first kappa shape index (κ1) is 19.6. The second-order valence-electron chi connectivity index (χ2n) is 6.42. The molecule has 0 rings (SSSR count). The highest BCUT2D eigenvalue weighted by atomic mass is 16.5. The lowest BCUT2D eigenvalue weighted by Crippen LogP contribution is -2.60. The molecule has 0 aromatic heterocycles. The van der Waals surface area contributed by atoms with Crippen molar-refractivity contribution in [2.45, 2.75) is 65.5 Å². The van der Waals surface area contributed by atoms with Gasteiger partial charge in [0.2, 0.25) is 0 Å². The molecule has 6 nitrogen and oxygen atoms in total. The average molecular weight is 301 g/mol. The Kier molecular flexibility index (Phi) is 7.57. The molecule has 0 aliphatic rings. The van der Waals surface area contributed by atoms with E-state index >= 15 is 0 Å². The molecule has 0 aliphatic carbocycles. The quantitative estimate of drug-likeness (QED) is 0.686. The number of carbonyl (C=O) groups excluding carboxylic acids is 3. The Morgan fingerprint density at radius 1 is 0.905 bits per heavy atom. The molecule has 0 bridgehead atoms. The molecule has 0 radical (unpaired) electrons. The van der Waals surface area contributed by atoms with E-state index in [4.69, 9.17) is 9.47 Å². The molecule has 6 heteroatoms. The van der Waals surface area contributed by atoms with Gasteiger partial charge in [-0.25, -0.2) is 0 Å². The fourth-order valence-corrected chi connectivity index (χ4v) is 2.01. The first-order valence-corrected chi connectivity index (χ1v) is 7.01. The van der Waals surface area contributed by atoms with Crippen LogP contribution in [0.25, 0.3) is 0 Å². The molecular weight excluding hydrogens is 274 g/mol. The highest BCUT2D eigenvalue weighted by Gasteiger charge is 2.36. The molecule has 0 aromatic carbocycles. The molecule has 0 saturated carbocycles. The van der Waals surface area contributed by atoms with Crippen molar-refractivity contribution in [3.05, 3.63) is 0 Å². The van der Waals surface area contributed by atoms with Crippen molar-refractivity contribution in [3.63, 3.8) is 0 Å². The van der Waals surface area contributed by atoms with E-state index in [0.717, 1.165) is 0 Å². The average Bonchev–Trinajstić information content (AvgIpc) is 2.29. The van der Waals surface area contributed by atoms with Crippen LogP contribution in [0.3, 0.4) is 0 Å². The van der Waals surface area contributed by atoms with Gasteiger partial charge < -0.3 is 19.6 Å². The molecule has 21 heavy (non-hydrogen) atoms. The van der Waals surface area contributed by atoms with Gasteiger partial charge in [0.05, 0.1) is 5.54 Å². The van der Waals surface area contributed by atoms with Crippen LogP contribution in [0.5, 0.6) is 0 Å². The fraction of sp³-hybridized carbons (Fsp3) is 0.800. The van der Waals surface area contributed by atoms with Gasteiger partial charge in [0.1, 0.15) is 19.0 Å². The Morgan fingerprint density at radius 3 is 1.62 bits per heavy atom. The van der Waals surface area contributed by atoms with Crippen molar-refractivity contribution in [3.8, 4) is 0 Å². The topological polar surface area (TPSA) is 81.7 Å². The van der Waals surface area contributed by atoms with Crippen molar-refractivity contribution >= 4 is 17.7 Å². The molecule has 0 saturated heterocycles. The summed E-state index contributed by atoms with van der Waals surface area (Å²) in [6.07, 6.45) is 0.728. The summed E-state index contributed by atoms with van der Waals surface area (Å²) in [4.78, 5) is 33.5. The van der Waals surface area contributed by atoms with Crippen LogP contribution in [0.1, 0.15) is 54.4 Å². The zero-order valence-corrected chi connectivity index (χ0v) is 13.9. The Hall–Kier alpha value is -1.43. The van der Waals surface area contributed by atoms with Crippen LogP contribution in [0.2, 0.25) is 0 Å². The summed E-state index contributed by atoms with van der Waals surface area (Å²) >= 11 is 0. The maximum Gasteiger partial charge on any atom is 0.302 e. The van der Waals surface area contributed by atoms with Crippen LogP contribution >= 0.6 is 0 Å². The van der Waals surface area contributed by atoms with Crippen LogP contribution in [0.15, 0.2) is 0 Å². The number of nitrogens with one attached hydrogen (secondary N) is 1. The lowest BCUT2D eigenvalue weighted by atomic mass is 9.90. The monoisotopic (exact) mass is 301 g/mol. The number of ether oxygens (including phenoxy) is 2. The summed E-state index contributed by atoms with van der Waals surface area (Å²) in [6, 6.07) is 0. The molecule has 1 N–H and O–H groups in total. The number of hydrogen-bond acceptors (Lipinski definition) is 6. The maximum atomic E-state index is 11.3. The van der Waals surface area contributed by atoms with E-state index in [9.17, 15) is 14.4 Å². The minimum absolute atomic E-state index is 0.0285. The first-order chi connectivity index (χ1) is 9.46. The Balaban J connectivity index is 5.17. The number of carbonyl (C=O) groups is 3. The highest BCUT2D eigenvalue weighted by Crippen LogP contribution is 2.20. The molecule has 0 aliphatic heterocycles. The van der Waals surface area contributed by atoms with Crippen LogP contribution in [0, 0.1) is 0 Å². The summed E-state index contributed by atoms with van der Waals surface area (Å²) < 4.78 is 10.2. The minimum Gasteiger partial charge on any atom is -0.464 e. The van der Waals surface area contributed by atoms with E-state index in [1.54, 1.807) is 0 Å². The van der Waals surface area contributed by atoms with Gasteiger partial charge in [-0.15, -0.1) is 0 Å². The summed E-state index contributed by atoms with van der Waals surface area (Å²) in [7, 11) is 0. The summed E-state index contributed by atoms with van der Waals surface area (Å²) in [5.74, 6) is -0.804. The smallest absolute Gasteiger partial charge is 0.302 e. The number of ketones is 1. The molecule has 0 spiro atoms. The summed E-state index contributed by atoms with van der Waals surface area (Å²) in [5.41, 5.74) is -1.07. The molecule has 0 aromatic rings. The summed E-state index contributed by atoms with van der Waals surface area (Å²) in [6.45, 7) is 10.1. The van der Waals surface area contributed by atoms with E-state index in [2.05, 4.69) is 5.32 Å². The van der Waals surface area contributed by atoms with Crippen LogP contribution in [0.4, 0.5) is 0 Å². The maximum absolute atomic E-state index is 11.3. The van der Waals surface area contributed by atoms with Gasteiger partial charge in [-0.1, -0.05) is 0 Å². The van der Waals surface area contributed by atoms with E-state index in [1.165, 1.54) is 20.8 Å². The van der Waals surface area contributed by atoms with Crippen molar-refractivity contribution in [1.82, 2.24) is 5.32 Å². The molecule has 122 valence electrons. The second kappa shape index (κ2) is 8.12. The van der Waals surface area contributed by atoms with Gasteiger partial charge in [0, 0.05) is 25.8 Å². The zero-order valence-electron chi connectivity index (χ0n) is 13.9. The minimum atomic E-state index is -0.777. The number of esters is 2. The number of Topliss-reactive ketones (excluding diaryl/α,β-unsaturated/α-hetero) is 1. The van der Waals surface area contributed by atoms with Crippen molar-refractivity contribution in [2.24, 2.45) is 0 Å². The molecule has 0 unspecified atom stereocenters. The Bertz CT molecular complexity index is 338. The highest BCUT2D eigenvalue weighted by molar-refractivity contribution is 5.75. The fourth-order valence-electron chi connectivity index (χ4n) is 2.01. The third-order valence-electron chi connectivity index (χ3n) is 2.70. The Morgan fingerprint density at radius 2 is 1.33 bits per heavy atom. The van der Waals surface area contributed by atoms with Gasteiger partial charge in [-0.2, -0.15) is 0 Å². The van der Waals surface area contributed by atoms with Crippen molar-refractivity contribution < 1.29 is 23.9 Å². The normalized spacial score (nSPS) is 11.9. The third kappa shape index (κ3) is 10.0. The van der Waals surface area contributed by atoms with E-state index < -0.39 is 17.5 Å². The van der Waals surface area contributed by atoms with Crippen LogP contribution in [-0.2, 0) is 23.9 Å². The predicted octanol–water partition coefficient (Wildman–Crippen LogP) is 1.61. The second-order valence-corrected chi connectivity index (χ2v) is 6.42. The molecule has 0 fully saturated rings. The number of rotatable bonds is 8. The van der Waals surface area contributed by atoms with E-state index in [0.29, 0.717) is 12.8 Å². The van der Waals surface area contributed by atoms with Gasteiger partial charge in [-0.3, -0.25) is 9.59 Å². The molecule has 0 amide bonds. The third-order valence-corrected chi connectivity index (χ3v) is 2.70. The Labute approximate surface area is 126 Å². The van der Waals surface area contributed by atoms with Gasteiger partial charge in [-0.05, 0) is 34.1 Å². The van der Waals surface area contributed by atoms with Gasteiger partial charge in [0.15, 0.2) is 0 Å². The zero-order chi connectivity index (χ0) is 16.7. The summed E-state index contributed by atoms with van der Waals surface area (Å²) in [5, 5.41) is 3.33. The first-order valence-electron chi connectivity index (χ1n) is 7.01. The molecule has 0 atom stereocenters. The number of hydrogen-bond donors (Lipinski definition) is 1. The van der Waals surface area contributed by atoms with Crippen molar-refractivity contribution in [1.29, 1.82) is 0 Å².